The zero-order valence-corrected chi connectivity index (χ0v) is 15.5. The van der Waals surface area contributed by atoms with Crippen molar-refractivity contribution in [1.29, 1.82) is 0 Å². The molecule has 1 aromatic carbocycles. The molecule has 4 atom stereocenters. The molecule has 3 rings (SSSR count). The van der Waals surface area contributed by atoms with E-state index in [0.29, 0.717) is 23.1 Å². The van der Waals surface area contributed by atoms with Gasteiger partial charge in [0.15, 0.2) is 0 Å². The van der Waals surface area contributed by atoms with Crippen LogP contribution in [0.25, 0.3) is 21.3 Å². The molecule has 0 radical (unpaired) electrons. The van der Waals surface area contributed by atoms with Crippen LogP contribution in [0.5, 0.6) is 0 Å². The number of nitrogens with one attached hydrogen (secondary N) is 2. The number of carbonyl (C=O) groups is 1. The highest BCUT2D eigenvalue weighted by atomic mass is 32.1. The zero-order valence-electron chi connectivity index (χ0n) is 14.6. The fraction of sp³-hybridized carbons (Fsp3) is 0.263. The third kappa shape index (κ3) is 4.13. The van der Waals surface area contributed by atoms with E-state index in [0.717, 1.165) is 10.3 Å². The maximum Gasteiger partial charge on any atom is 0.257 e. The van der Waals surface area contributed by atoms with Gasteiger partial charge < -0.3 is 35.5 Å². The van der Waals surface area contributed by atoms with Gasteiger partial charge >= 0.3 is 0 Å². The Morgan fingerprint density at radius 2 is 1.93 bits per heavy atom. The van der Waals surface area contributed by atoms with Gasteiger partial charge in [0.2, 0.25) is 0 Å². The predicted octanol–water partition coefficient (Wildman–Crippen LogP) is 0.311. The van der Waals surface area contributed by atoms with Gasteiger partial charge in [-0.1, -0.05) is 12.1 Å². The molecule has 0 aliphatic carbocycles. The van der Waals surface area contributed by atoms with Crippen LogP contribution in [0.4, 0.5) is 5.69 Å². The highest BCUT2D eigenvalue weighted by molar-refractivity contribution is 7.13. The fourth-order valence-corrected chi connectivity index (χ4v) is 3.59. The highest BCUT2D eigenvalue weighted by Crippen LogP contribution is 2.25. The number of rotatable bonds is 8. The summed E-state index contributed by atoms with van der Waals surface area (Å²) >= 11 is 1.46. The van der Waals surface area contributed by atoms with Crippen molar-refractivity contribution in [3.63, 3.8) is 0 Å². The molecule has 0 saturated carbocycles. The average Bonchev–Trinajstić information content (AvgIpc) is 3.24. The van der Waals surface area contributed by atoms with Crippen molar-refractivity contribution in [3.05, 3.63) is 52.1 Å². The topological polar surface area (TPSA) is 143 Å². The second-order valence-corrected chi connectivity index (χ2v) is 7.28. The minimum absolute atomic E-state index is 0.249. The van der Waals surface area contributed by atoms with Crippen LogP contribution in [0.15, 0.2) is 46.6 Å². The lowest BCUT2D eigenvalue weighted by atomic mass is 10.0. The molecule has 0 saturated heterocycles. The molecule has 0 spiro atoms. The summed E-state index contributed by atoms with van der Waals surface area (Å²) in [7, 11) is 0. The fourth-order valence-electron chi connectivity index (χ4n) is 2.85. The summed E-state index contributed by atoms with van der Waals surface area (Å²) in [4.78, 5) is 27.4. The smallest absolute Gasteiger partial charge is 0.257 e. The molecule has 3 aromatic rings. The number of aldehydes is 1. The zero-order chi connectivity index (χ0) is 20.3. The van der Waals surface area contributed by atoms with Crippen LogP contribution in [-0.4, -0.2) is 62.7 Å². The Bertz CT molecular complexity index is 1000. The number of hydrogen-bond acceptors (Lipinski definition) is 8. The number of pyridine rings is 1. The Balaban J connectivity index is 1.86. The lowest BCUT2D eigenvalue weighted by molar-refractivity contribution is -0.117. The van der Waals surface area contributed by atoms with E-state index in [1.54, 1.807) is 24.3 Å². The lowest BCUT2D eigenvalue weighted by Crippen LogP contribution is -2.49. The third-order valence-corrected chi connectivity index (χ3v) is 5.31. The molecule has 2 aromatic heterocycles. The number of hydrogen-bond donors (Lipinski definition) is 6. The molecule has 0 fully saturated rings. The van der Waals surface area contributed by atoms with E-state index in [1.165, 1.54) is 11.3 Å². The van der Waals surface area contributed by atoms with E-state index in [4.69, 9.17) is 5.11 Å². The number of aliphatic hydroxyl groups is 4. The first-order valence-electron chi connectivity index (χ1n) is 8.52. The maximum absolute atomic E-state index is 12.4. The van der Waals surface area contributed by atoms with Gasteiger partial charge in [0.25, 0.3) is 5.56 Å². The predicted molar refractivity (Wildman–Crippen MR) is 106 cm³/mol. The maximum atomic E-state index is 12.4. The summed E-state index contributed by atoms with van der Waals surface area (Å²) in [6, 6.07) is 9.29. The van der Waals surface area contributed by atoms with Gasteiger partial charge in [-0.3, -0.25) is 4.79 Å². The number of aromatic nitrogens is 1. The van der Waals surface area contributed by atoms with Crippen molar-refractivity contribution >= 4 is 34.2 Å². The number of benzene rings is 1. The first-order chi connectivity index (χ1) is 13.4. The van der Waals surface area contributed by atoms with Gasteiger partial charge in [0.1, 0.15) is 30.6 Å². The van der Waals surface area contributed by atoms with Gasteiger partial charge in [0.05, 0.1) is 17.7 Å². The summed E-state index contributed by atoms with van der Waals surface area (Å²) in [6.45, 7) is -0.756. The van der Waals surface area contributed by atoms with Gasteiger partial charge in [-0.2, -0.15) is 0 Å². The van der Waals surface area contributed by atoms with Crippen molar-refractivity contribution in [2.24, 2.45) is 0 Å². The minimum atomic E-state index is -1.71. The number of carbonyl (C=O) groups excluding carboxylic acids is 1. The minimum Gasteiger partial charge on any atom is -0.394 e. The number of aromatic amines is 1. The summed E-state index contributed by atoms with van der Waals surface area (Å²) in [5.41, 5.74) is 1.27. The molecule has 9 heteroatoms. The summed E-state index contributed by atoms with van der Waals surface area (Å²) in [5.74, 6) is 0. The van der Waals surface area contributed by atoms with Crippen LogP contribution >= 0.6 is 11.3 Å². The van der Waals surface area contributed by atoms with Gasteiger partial charge in [0, 0.05) is 10.6 Å². The van der Waals surface area contributed by atoms with E-state index >= 15 is 0 Å². The van der Waals surface area contributed by atoms with Crippen LogP contribution in [0.2, 0.25) is 0 Å². The van der Waals surface area contributed by atoms with Crippen LogP contribution in [0, 0.1) is 0 Å². The Kier molecular flexibility index (Phi) is 6.22. The van der Waals surface area contributed by atoms with Crippen molar-refractivity contribution in [2.75, 3.05) is 11.9 Å². The van der Waals surface area contributed by atoms with Crippen LogP contribution in [0.1, 0.15) is 0 Å². The normalized spacial score (nSPS) is 15.7. The van der Waals surface area contributed by atoms with Crippen molar-refractivity contribution in [2.45, 2.75) is 24.4 Å². The van der Waals surface area contributed by atoms with Crippen molar-refractivity contribution in [1.82, 2.24) is 4.98 Å². The monoisotopic (exact) mass is 404 g/mol. The second kappa shape index (κ2) is 8.63. The molecule has 2 heterocycles. The van der Waals surface area contributed by atoms with Crippen LogP contribution in [-0.2, 0) is 4.79 Å². The van der Waals surface area contributed by atoms with Gasteiger partial charge in [-0.25, -0.2) is 0 Å². The first-order valence-corrected chi connectivity index (χ1v) is 9.40. The molecule has 0 amide bonds. The van der Waals surface area contributed by atoms with Crippen molar-refractivity contribution < 1.29 is 25.2 Å². The Hall–Kier alpha value is -2.56. The van der Waals surface area contributed by atoms with E-state index in [1.807, 2.05) is 17.5 Å². The van der Waals surface area contributed by atoms with Crippen LogP contribution < -0.4 is 10.9 Å². The van der Waals surface area contributed by atoms with Crippen LogP contribution in [0.3, 0.4) is 0 Å². The third-order valence-electron chi connectivity index (χ3n) is 4.41. The SMILES string of the molecule is O=C[C@H](Nc1ccc2cc(-c3cccs3)c(=O)[nH]c2c1)[C@@H](O)[C@H](O)[C@H](O)CO. The Labute approximate surface area is 163 Å². The standard InChI is InChI=1S/C19H20N2O6S/c22-8-14(17(25)18(26)15(24)9-23)20-11-4-3-10-6-12(16-2-1-5-28-16)19(27)21-13(10)7-11/h1-8,14-15,17-18,20,23-26H,9H2,(H,21,27)/t14-,15+,17+,18+/m0/s1. The molecule has 6 N–H and O–H groups in total. The molecule has 0 bridgehead atoms. The van der Waals surface area contributed by atoms with E-state index < -0.39 is 31.0 Å². The second-order valence-electron chi connectivity index (χ2n) is 6.33. The molecule has 0 aliphatic heterocycles. The number of fused-ring (bicyclic) bond motifs is 1. The number of H-pyrrole nitrogens is 1. The number of anilines is 1. The molecular formula is C19H20N2O6S. The average molecular weight is 404 g/mol. The quantitative estimate of drug-likeness (QED) is 0.297. The Morgan fingerprint density at radius 3 is 2.57 bits per heavy atom. The summed E-state index contributed by atoms with van der Waals surface area (Å²) in [6.07, 6.45) is -4.54. The number of thiophene rings is 1. The lowest BCUT2D eigenvalue weighted by Gasteiger charge is -2.26. The van der Waals surface area contributed by atoms with Crippen molar-refractivity contribution in [3.8, 4) is 10.4 Å². The highest BCUT2D eigenvalue weighted by Gasteiger charge is 2.31. The van der Waals surface area contributed by atoms with E-state index in [2.05, 4.69) is 10.3 Å². The Morgan fingerprint density at radius 1 is 1.14 bits per heavy atom. The van der Waals surface area contributed by atoms with E-state index in [-0.39, 0.29) is 5.56 Å². The molecule has 8 nitrogen and oxygen atoms in total. The largest absolute Gasteiger partial charge is 0.394 e. The molecular weight excluding hydrogens is 384 g/mol. The molecule has 28 heavy (non-hydrogen) atoms. The molecule has 0 unspecified atom stereocenters. The van der Waals surface area contributed by atoms with Gasteiger partial charge in [-0.05, 0) is 35.0 Å². The van der Waals surface area contributed by atoms with Gasteiger partial charge in [-0.15, -0.1) is 11.3 Å². The van der Waals surface area contributed by atoms with E-state index in [9.17, 15) is 24.9 Å². The first kappa shape index (κ1) is 20.2. The summed E-state index contributed by atoms with van der Waals surface area (Å²) in [5, 5.41) is 43.6. The molecule has 148 valence electrons. The summed E-state index contributed by atoms with van der Waals surface area (Å²) < 4.78 is 0. The number of aliphatic hydroxyl groups excluding tert-OH is 4. The molecule has 0 aliphatic rings.